The van der Waals surface area contributed by atoms with Gasteiger partial charge in [0.15, 0.2) is 5.78 Å². The molecule has 4 atom stereocenters. The molecule has 13 heteroatoms. The number of carboxylic acids is 1. The van der Waals surface area contributed by atoms with Gasteiger partial charge in [-0.3, -0.25) is 38.5 Å². The molecule has 0 spiro atoms. The van der Waals surface area contributed by atoms with E-state index >= 15 is 0 Å². The van der Waals surface area contributed by atoms with Crippen molar-refractivity contribution in [2.75, 3.05) is 20.6 Å². The molecule has 0 aromatic heterocycles. The quantitative estimate of drug-likeness (QED) is 0.132. The largest absolute Gasteiger partial charge is 0.481 e. The van der Waals surface area contributed by atoms with E-state index in [2.05, 4.69) is 16.0 Å². The van der Waals surface area contributed by atoms with E-state index in [4.69, 9.17) is 0 Å². The molecule has 0 saturated carbocycles. The molecule has 1 aromatic rings. The minimum Gasteiger partial charge on any atom is -0.481 e. The van der Waals surface area contributed by atoms with Gasteiger partial charge in [-0.15, -0.1) is 0 Å². The van der Waals surface area contributed by atoms with E-state index in [1.807, 2.05) is 78.8 Å². The van der Waals surface area contributed by atoms with Gasteiger partial charge >= 0.3 is 5.97 Å². The van der Waals surface area contributed by atoms with Crippen LogP contribution in [0.2, 0.25) is 0 Å². The Hall–Kier alpha value is -4.65. The van der Waals surface area contributed by atoms with Crippen molar-refractivity contribution in [3.63, 3.8) is 0 Å². The fourth-order valence-corrected chi connectivity index (χ4v) is 6.09. The van der Waals surface area contributed by atoms with Crippen LogP contribution in [0.3, 0.4) is 0 Å². The highest BCUT2D eigenvalue weighted by Gasteiger charge is 2.41. The third-order valence-corrected chi connectivity index (χ3v) is 9.22. The Bertz CT molecular complexity index is 1510. The maximum Gasteiger partial charge on any atom is 0.305 e. The van der Waals surface area contributed by atoms with Crippen LogP contribution in [0.25, 0.3) is 0 Å². The van der Waals surface area contributed by atoms with E-state index in [1.165, 1.54) is 11.8 Å². The minimum atomic E-state index is -1.35. The molecule has 0 aliphatic carbocycles. The zero-order valence-corrected chi connectivity index (χ0v) is 31.5. The lowest BCUT2D eigenvalue weighted by atomic mass is 9.76. The molecule has 5 amide bonds. The number of Topliss-reactive ketones (excluding diaryl/α,β-unsaturated/α-hetero) is 1. The first-order valence-corrected chi connectivity index (χ1v) is 17.2. The molecule has 0 fully saturated rings. The van der Waals surface area contributed by atoms with Gasteiger partial charge in [-0.1, -0.05) is 84.9 Å². The Kier molecular flexibility index (Phi) is 15.0. The first-order valence-electron chi connectivity index (χ1n) is 17.2. The number of hydrogen-bond donors (Lipinski definition) is 4. The molecule has 0 saturated heterocycles. The Balaban J connectivity index is 2.24. The van der Waals surface area contributed by atoms with Crippen LogP contribution in [0.1, 0.15) is 80.2 Å². The molecule has 51 heavy (non-hydrogen) atoms. The lowest BCUT2D eigenvalue weighted by Gasteiger charge is -2.40. The number of carboxylic acid groups (broad SMARTS) is 1. The topological polar surface area (TPSA) is 182 Å². The summed E-state index contributed by atoms with van der Waals surface area (Å²) in [6.45, 7) is 14.7. The van der Waals surface area contributed by atoms with Gasteiger partial charge in [0.25, 0.3) is 11.8 Å². The van der Waals surface area contributed by atoms with Crippen molar-refractivity contribution in [1.29, 1.82) is 0 Å². The molecular weight excluding hydrogens is 654 g/mol. The fourth-order valence-electron chi connectivity index (χ4n) is 6.09. The molecule has 1 aliphatic rings. The third kappa shape index (κ3) is 11.4. The monoisotopic (exact) mass is 709 g/mol. The van der Waals surface area contributed by atoms with Gasteiger partial charge in [-0.25, -0.2) is 0 Å². The van der Waals surface area contributed by atoms with Crippen molar-refractivity contribution >= 4 is 41.3 Å². The first-order chi connectivity index (χ1) is 23.6. The van der Waals surface area contributed by atoms with Crippen LogP contribution in [0.5, 0.6) is 0 Å². The fraction of sp³-hybridized carbons (Fsp3) is 0.553. The molecule has 1 aromatic carbocycles. The summed E-state index contributed by atoms with van der Waals surface area (Å²) in [5.41, 5.74) is -0.195. The van der Waals surface area contributed by atoms with Gasteiger partial charge < -0.3 is 26.0 Å². The number of hydrogen-bond acceptors (Lipinski definition) is 8. The van der Waals surface area contributed by atoms with Gasteiger partial charge in [0.2, 0.25) is 17.7 Å². The summed E-state index contributed by atoms with van der Waals surface area (Å²) in [6.07, 6.45) is 3.14. The lowest BCUT2D eigenvalue weighted by Crippen LogP contribution is -2.61. The predicted molar refractivity (Wildman–Crippen MR) is 193 cm³/mol. The number of ketones is 1. The molecule has 0 radical (unpaired) electrons. The van der Waals surface area contributed by atoms with Crippen molar-refractivity contribution in [2.45, 2.75) is 104 Å². The van der Waals surface area contributed by atoms with Crippen molar-refractivity contribution in [3.8, 4) is 0 Å². The highest BCUT2D eigenvalue weighted by molar-refractivity contribution is 6.12. The minimum absolute atomic E-state index is 0.0179. The maximum atomic E-state index is 14.2. The second-order valence-electron chi connectivity index (χ2n) is 15.0. The number of aliphatic carboxylic acids is 1. The average Bonchev–Trinajstić information content (AvgIpc) is 3.37. The average molecular weight is 710 g/mol. The smallest absolute Gasteiger partial charge is 0.305 e. The van der Waals surface area contributed by atoms with Crippen LogP contribution >= 0.6 is 0 Å². The SMILES string of the molecule is CN[C@H](C(=O)N[C@H](C(=O)N(C)[C@H](/C=C(\C)C(=O)N[C@@H](CC(=O)O)C(=O)CCCN1C(=O)C=CC1=O)C(C)C)C(C)(C)C)C(C)(C)c1ccccc1. The number of likely N-dealkylation sites (N-methyl/N-ethyl adjacent to an activating group) is 2. The number of amides is 5. The molecule has 13 nitrogen and oxygen atoms in total. The van der Waals surface area contributed by atoms with E-state index < -0.39 is 70.9 Å². The zero-order chi connectivity index (χ0) is 38.8. The van der Waals surface area contributed by atoms with Crippen LogP contribution < -0.4 is 16.0 Å². The van der Waals surface area contributed by atoms with Crippen molar-refractivity contribution in [3.05, 3.63) is 59.7 Å². The standard InChI is InChI=1S/C38H55N5O8/c1-23(2)27(21-24(3)34(49)40-26(22-31(47)48)28(44)17-14-20-43-29(45)18-19-30(43)46)42(10)36(51)33(37(4,5)6)41-35(50)32(39-9)38(7,8)25-15-12-11-13-16-25/h11-13,15-16,18-19,21,23,26-27,32-33,39H,14,17,20,22H2,1-10H3,(H,40,49)(H,41,50)(H,47,48)/b24-21+/t26-,27+,32+,33+/m0/s1. The molecule has 2 rings (SSSR count). The Morgan fingerprint density at radius 2 is 1.49 bits per heavy atom. The molecule has 1 aliphatic heterocycles. The number of carbonyl (C=O) groups excluding carboxylic acids is 6. The van der Waals surface area contributed by atoms with Gasteiger partial charge in [-0.05, 0) is 37.3 Å². The van der Waals surface area contributed by atoms with E-state index in [9.17, 15) is 38.7 Å². The number of benzene rings is 1. The number of carbonyl (C=O) groups is 7. The summed E-state index contributed by atoms with van der Waals surface area (Å²) >= 11 is 0. The second kappa shape index (κ2) is 18.0. The van der Waals surface area contributed by atoms with Gasteiger partial charge in [0.05, 0.1) is 24.5 Å². The summed E-state index contributed by atoms with van der Waals surface area (Å²) in [7, 11) is 3.30. The highest BCUT2D eigenvalue weighted by Crippen LogP contribution is 2.29. The first kappa shape index (κ1) is 42.5. The summed E-state index contributed by atoms with van der Waals surface area (Å²) in [4.78, 5) is 91.9. The Morgan fingerprint density at radius 3 is 1.98 bits per heavy atom. The van der Waals surface area contributed by atoms with E-state index in [1.54, 1.807) is 20.2 Å². The number of nitrogens with one attached hydrogen (secondary N) is 3. The predicted octanol–water partition coefficient (Wildman–Crippen LogP) is 2.75. The molecule has 280 valence electrons. The Morgan fingerprint density at radius 1 is 0.922 bits per heavy atom. The van der Waals surface area contributed by atoms with Crippen molar-refractivity contribution in [2.24, 2.45) is 11.3 Å². The van der Waals surface area contributed by atoms with Gasteiger partial charge in [0.1, 0.15) is 6.04 Å². The van der Waals surface area contributed by atoms with Crippen LogP contribution in [0.15, 0.2) is 54.1 Å². The molecule has 0 bridgehead atoms. The number of nitrogens with zero attached hydrogens (tertiary/aromatic N) is 2. The molecule has 1 heterocycles. The van der Waals surface area contributed by atoms with Crippen LogP contribution in [-0.2, 0) is 39.0 Å². The summed E-state index contributed by atoms with van der Waals surface area (Å²) < 4.78 is 0. The third-order valence-electron chi connectivity index (χ3n) is 9.22. The Labute approximate surface area is 301 Å². The summed E-state index contributed by atoms with van der Waals surface area (Å²) in [5, 5.41) is 18.1. The summed E-state index contributed by atoms with van der Waals surface area (Å²) in [5.74, 6) is -4.40. The molecule has 0 unspecified atom stereocenters. The normalized spacial score (nSPS) is 16.1. The van der Waals surface area contributed by atoms with Crippen LogP contribution in [0, 0.1) is 11.3 Å². The summed E-state index contributed by atoms with van der Waals surface area (Å²) in [6, 6.07) is 6.08. The zero-order valence-electron chi connectivity index (χ0n) is 31.5. The molecular formula is C38H55N5O8. The van der Waals surface area contributed by atoms with E-state index in [-0.39, 0.29) is 42.7 Å². The van der Waals surface area contributed by atoms with Gasteiger partial charge in [0, 0.05) is 43.2 Å². The lowest BCUT2D eigenvalue weighted by molar-refractivity contribution is -0.141. The van der Waals surface area contributed by atoms with Crippen molar-refractivity contribution < 1.29 is 38.7 Å². The molecule has 4 N–H and O–H groups in total. The van der Waals surface area contributed by atoms with Crippen molar-refractivity contribution in [1.82, 2.24) is 25.8 Å². The van der Waals surface area contributed by atoms with E-state index in [0.717, 1.165) is 22.6 Å². The van der Waals surface area contributed by atoms with Crippen LogP contribution in [0.4, 0.5) is 0 Å². The number of imide groups is 1. The number of rotatable bonds is 18. The second-order valence-corrected chi connectivity index (χ2v) is 15.0. The van der Waals surface area contributed by atoms with Crippen LogP contribution in [-0.4, -0.2) is 101 Å². The van der Waals surface area contributed by atoms with E-state index in [0.29, 0.717) is 0 Å². The highest BCUT2D eigenvalue weighted by atomic mass is 16.4. The maximum absolute atomic E-state index is 14.2. The van der Waals surface area contributed by atoms with Gasteiger partial charge in [-0.2, -0.15) is 0 Å².